The van der Waals surface area contributed by atoms with Crippen molar-refractivity contribution in [2.45, 2.75) is 51.4 Å². The van der Waals surface area contributed by atoms with E-state index in [1.807, 2.05) is 13.8 Å². The van der Waals surface area contributed by atoms with Gasteiger partial charge in [-0.3, -0.25) is 14.6 Å². The third kappa shape index (κ3) is 4.91. The summed E-state index contributed by atoms with van der Waals surface area (Å²) in [4.78, 5) is 16.0. The Morgan fingerprint density at radius 1 is 1.09 bits per heavy atom. The fraction of sp³-hybridized carbons (Fsp3) is 0.938. The van der Waals surface area contributed by atoms with Crippen LogP contribution in [0.4, 0.5) is 0 Å². The molecule has 0 bridgehead atoms. The van der Waals surface area contributed by atoms with Gasteiger partial charge in [0.05, 0.1) is 24.4 Å². The lowest BCUT2D eigenvalue weighted by Gasteiger charge is -2.42. The fourth-order valence-corrected chi connectivity index (χ4v) is 3.39. The summed E-state index contributed by atoms with van der Waals surface area (Å²) in [6, 6.07) is -0.436. The maximum Gasteiger partial charge on any atom is 0.320 e. The number of carbonyl (C=O) groups is 1. The predicted octanol–water partition coefficient (Wildman–Crippen LogP) is 1.05. The highest BCUT2D eigenvalue weighted by Gasteiger charge is 2.35. The number of ether oxygens (including phenoxy) is 2. The maximum absolute atomic E-state index is 11.7. The van der Waals surface area contributed by atoms with Crippen molar-refractivity contribution in [3.8, 4) is 0 Å². The monoisotopic (exact) mass is 314 g/mol. The zero-order valence-electron chi connectivity index (χ0n) is 14.3. The summed E-state index contributed by atoms with van der Waals surface area (Å²) in [5.74, 6) is -0.731. The van der Waals surface area contributed by atoms with Crippen molar-refractivity contribution >= 4 is 5.97 Å². The van der Waals surface area contributed by atoms with Crippen LogP contribution in [-0.2, 0) is 14.3 Å². The van der Waals surface area contributed by atoms with Crippen LogP contribution in [0.5, 0.6) is 0 Å². The molecule has 2 rings (SSSR count). The minimum Gasteiger partial charge on any atom is -0.480 e. The van der Waals surface area contributed by atoms with E-state index in [0.717, 1.165) is 26.2 Å². The second-order valence-corrected chi connectivity index (χ2v) is 7.61. The average molecular weight is 314 g/mol. The lowest BCUT2D eigenvalue weighted by Crippen LogP contribution is -2.55. The molecule has 22 heavy (non-hydrogen) atoms. The Morgan fingerprint density at radius 2 is 1.68 bits per heavy atom. The molecule has 1 unspecified atom stereocenters. The van der Waals surface area contributed by atoms with Crippen molar-refractivity contribution in [3.05, 3.63) is 0 Å². The van der Waals surface area contributed by atoms with Gasteiger partial charge in [0.2, 0.25) is 0 Å². The van der Waals surface area contributed by atoms with E-state index in [1.165, 1.54) is 0 Å². The molecule has 0 aliphatic carbocycles. The standard InChI is InChI=1S/C16H30N2O4/c1-15(2)11-17(7-9-21-15)6-5-13(14(19)20)18-8-10-22-16(3,4)12-18/h13H,5-12H2,1-4H3,(H,19,20). The first kappa shape index (κ1) is 17.7. The van der Waals surface area contributed by atoms with Crippen LogP contribution >= 0.6 is 0 Å². The molecule has 0 aromatic carbocycles. The Bertz CT molecular complexity index is 398. The van der Waals surface area contributed by atoms with Crippen LogP contribution in [0.1, 0.15) is 34.1 Å². The molecule has 2 fully saturated rings. The predicted molar refractivity (Wildman–Crippen MR) is 84.1 cm³/mol. The Kier molecular flexibility index (Phi) is 5.48. The van der Waals surface area contributed by atoms with Gasteiger partial charge in [-0.2, -0.15) is 0 Å². The summed E-state index contributed by atoms with van der Waals surface area (Å²) in [5, 5.41) is 9.60. The van der Waals surface area contributed by atoms with Crippen LogP contribution in [0.15, 0.2) is 0 Å². The number of morpholine rings is 2. The van der Waals surface area contributed by atoms with E-state index >= 15 is 0 Å². The van der Waals surface area contributed by atoms with Crippen molar-refractivity contribution in [3.63, 3.8) is 0 Å². The summed E-state index contributed by atoms with van der Waals surface area (Å²) in [6.07, 6.45) is 0.640. The van der Waals surface area contributed by atoms with E-state index in [0.29, 0.717) is 26.1 Å². The Balaban J connectivity index is 1.90. The first-order valence-corrected chi connectivity index (χ1v) is 8.16. The van der Waals surface area contributed by atoms with Gasteiger partial charge < -0.3 is 14.6 Å². The molecular formula is C16H30N2O4. The van der Waals surface area contributed by atoms with Crippen LogP contribution in [0.25, 0.3) is 0 Å². The number of rotatable bonds is 5. The molecule has 2 aliphatic heterocycles. The van der Waals surface area contributed by atoms with E-state index in [1.54, 1.807) is 0 Å². The molecule has 0 spiro atoms. The van der Waals surface area contributed by atoms with Gasteiger partial charge in [-0.15, -0.1) is 0 Å². The largest absolute Gasteiger partial charge is 0.480 e. The van der Waals surface area contributed by atoms with Gasteiger partial charge in [-0.05, 0) is 34.1 Å². The highest BCUT2D eigenvalue weighted by atomic mass is 16.5. The molecule has 0 aromatic heterocycles. The van der Waals surface area contributed by atoms with Crippen LogP contribution in [0.3, 0.4) is 0 Å². The molecular weight excluding hydrogens is 284 g/mol. The lowest BCUT2D eigenvalue weighted by atomic mass is 10.0. The highest BCUT2D eigenvalue weighted by molar-refractivity contribution is 5.73. The second kappa shape index (κ2) is 6.83. The molecule has 128 valence electrons. The van der Waals surface area contributed by atoms with E-state index in [9.17, 15) is 9.90 Å². The first-order chi connectivity index (χ1) is 10.2. The van der Waals surface area contributed by atoms with E-state index in [4.69, 9.17) is 9.47 Å². The van der Waals surface area contributed by atoms with Crippen LogP contribution < -0.4 is 0 Å². The van der Waals surface area contributed by atoms with Gasteiger partial charge in [0.25, 0.3) is 0 Å². The molecule has 0 amide bonds. The van der Waals surface area contributed by atoms with Gasteiger partial charge in [-0.1, -0.05) is 0 Å². The molecule has 0 saturated carbocycles. The van der Waals surface area contributed by atoms with Crippen molar-refractivity contribution < 1.29 is 19.4 Å². The lowest BCUT2D eigenvalue weighted by molar-refractivity contribution is -0.151. The maximum atomic E-state index is 11.7. The number of nitrogens with zero attached hydrogens (tertiary/aromatic N) is 2. The van der Waals surface area contributed by atoms with Crippen LogP contribution in [0, 0.1) is 0 Å². The fourth-order valence-electron chi connectivity index (χ4n) is 3.39. The smallest absolute Gasteiger partial charge is 0.320 e. The third-order valence-corrected chi connectivity index (χ3v) is 4.40. The van der Waals surface area contributed by atoms with Crippen LogP contribution in [-0.4, -0.2) is 84.1 Å². The Morgan fingerprint density at radius 3 is 2.23 bits per heavy atom. The number of hydrogen-bond acceptors (Lipinski definition) is 5. The summed E-state index contributed by atoms with van der Waals surface area (Å²) in [5.41, 5.74) is -0.412. The van der Waals surface area contributed by atoms with Crippen molar-refractivity contribution in [2.24, 2.45) is 0 Å². The summed E-state index contributed by atoms with van der Waals surface area (Å²) < 4.78 is 11.4. The zero-order valence-corrected chi connectivity index (χ0v) is 14.3. The molecule has 6 heteroatoms. The molecule has 2 heterocycles. The second-order valence-electron chi connectivity index (χ2n) is 7.61. The molecule has 0 radical (unpaired) electrons. The van der Waals surface area contributed by atoms with Crippen LogP contribution in [0.2, 0.25) is 0 Å². The minimum atomic E-state index is -0.731. The molecule has 2 saturated heterocycles. The van der Waals surface area contributed by atoms with Gasteiger partial charge in [0, 0.05) is 32.7 Å². The molecule has 2 aliphatic rings. The number of carboxylic acids is 1. The van der Waals surface area contributed by atoms with Gasteiger partial charge in [-0.25, -0.2) is 0 Å². The number of aliphatic carboxylic acids is 1. The van der Waals surface area contributed by atoms with Gasteiger partial charge >= 0.3 is 5.97 Å². The van der Waals surface area contributed by atoms with Crippen molar-refractivity contribution in [2.75, 3.05) is 45.9 Å². The van der Waals surface area contributed by atoms with E-state index < -0.39 is 12.0 Å². The molecule has 1 atom stereocenters. The third-order valence-electron chi connectivity index (χ3n) is 4.40. The Labute approximate surface area is 133 Å². The van der Waals surface area contributed by atoms with Crippen molar-refractivity contribution in [1.82, 2.24) is 9.80 Å². The SMILES string of the molecule is CC1(C)CN(CCC(C(=O)O)N2CCOC(C)(C)C2)CCO1. The number of carboxylic acid groups (broad SMARTS) is 1. The summed E-state index contributed by atoms with van der Waals surface area (Å²) in [7, 11) is 0. The molecule has 6 nitrogen and oxygen atoms in total. The minimum absolute atomic E-state index is 0.141. The summed E-state index contributed by atoms with van der Waals surface area (Å²) in [6.45, 7) is 13.4. The van der Waals surface area contributed by atoms with Gasteiger partial charge in [0.1, 0.15) is 6.04 Å². The topological polar surface area (TPSA) is 62.2 Å². The highest BCUT2D eigenvalue weighted by Crippen LogP contribution is 2.21. The Hall–Kier alpha value is -0.690. The zero-order chi connectivity index (χ0) is 16.4. The van der Waals surface area contributed by atoms with Gasteiger partial charge in [0.15, 0.2) is 0 Å². The average Bonchev–Trinajstić information content (AvgIpc) is 2.36. The summed E-state index contributed by atoms with van der Waals surface area (Å²) >= 11 is 0. The van der Waals surface area contributed by atoms with E-state index in [-0.39, 0.29) is 11.2 Å². The van der Waals surface area contributed by atoms with E-state index in [2.05, 4.69) is 23.6 Å². The normalized spacial score (nSPS) is 27.5. The molecule has 1 N–H and O–H groups in total. The first-order valence-electron chi connectivity index (χ1n) is 8.16. The molecule has 0 aromatic rings. The van der Waals surface area contributed by atoms with Crippen molar-refractivity contribution in [1.29, 1.82) is 0 Å². The quantitative estimate of drug-likeness (QED) is 0.818. The number of hydrogen-bond donors (Lipinski definition) is 1.